The highest BCUT2D eigenvalue weighted by Crippen LogP contribution is 2.19. The molecule has 2 rings (SSSR count). The van der Waals surface area contributed by atoms with E-state index in [2.05, 4.69) is 15.3 Å². The Balaban J connectivity index is 2.14. The minimum absolute atomic E-state index is 0.184. The molecule has 6 heteroatoms. The van der Waals surface area contributed by atoms with Crippen LogP contribution in [-0.4, -0.2) is 30.0 Å². The third-order valence-corrected chi connectivity index (χ3v) is 3.69. The molecule has 2 aromatic rings. The molecule has 0 saturated heterocycles. The Hall–Kier alpha value is -2.21. The topological polar surface area (TPSA) is 58.1 Å². The van der Waals surface area contributed by atoms with Crippen molar-refractivity contribution in [3.05, 3.63) is 39.9 Å². The Morgan fingerprint density at radius 3 is 2.48 bits per heavy atom. The number of nitrogens with one attached hydrogen (secondary N) is 1. The SMILES string of the molecule is Cc1nc(N(C)C)nc(C)c1NC(=O)/C=C/c1cccs1. The minimum Gasteiger partial charge on any atom is -0.347 e. The van der Waals surface area contributed by atoms with Crippen molar-refractivity contribution in [1.82, 2.24) is 9.97 Å². The number of amides is 1. The van der Waals surface area contributed by atoms with E-state index in [0.29, 0.717) is 11.6 Å². The number of thiophene rings is 1. The second kappa shape index (κ2) is 6.49. The van der Waals surface area contributed by atoms with Gasteiger partial charge in [0.15, 0.2) is 0 Å². The number of hydrogen-bond acceptors (Lipinski definition) is 5. The van der Waals surface area contributed by atoms with Crippen LogP contribution in [0.25, 0.3) is 6.08 Å². The van der Waals surface area contributed by atoms with E-state index in [1.165, 1.54) is 6.08 Å². The lowest BCUT2D eigenvalue weighted by Crippen LogP contribution is -2.17. The molecule has 0 saturated carbocycles. The summed E-state index contributed by atoms with van der Waals surface area (Å²) in [6.07, 6.45) is 3.31. The van der Waals surface area contributed by atoms with Crippen LogP contribution in [0.2, 0.25) is 0 Å². The summed E-state index contributed by atoms with van der Waals surface area (Å²) in [5.74, 6) is 0.452. The quantitative estimate of drug-likeness (QED) is 0.882. The van der Waals surface area contributed by atoms with E-state index in [0.717, 1.165) is 16.3 Å². The highest BCUT2D eigenvalue weighted by Gasteiger charge is 2.11. The zero-order valence-electron chi connectivity index (χ0n) is 12.5. The number of hydrogen-bond donors (Lipinski definition) is 1. The standard InChI is InChI=1S/C15H18N4OS/c1-10-14(11(2)17-15(16-10)19(3)4)18-13(20)8-7-12-6-5-9-21-12/h5-9H,1-4H3,(H,18,20)/b8-7+. The van der Waals surface area contributed by atoms with Crippen LogP contribution in [0.15, 0.2) is 23.6 Å². The summed E-state index contributed by atoms with van der Waals surface area (Å²) >= 11 is 1.59. The fourth-order valence-electron chi connectivity index (χ4n) is 1.79. The van der Waals surface area contributed by atoms with Crippen LogP contribution in [0.5, 0.6) is 0 Å². The molecule has 110 valence electrons. The normalized spacial score (nSPS) is 10.9. The van der Waals surface area contributed by atoms with Gasteiger partial charge in [-0.05, 0) is 31.4 Å². The van der Waals surface area contributed by atoms with Crippen LogP contribution in [0.1, 0.15) is 16.3 Å². The van der Waals surface area contributed by atoms with Gasteiger partial charge in [-0.1, -0.05) is 6.07 Å². The highest BCUT2D eigenvalue weighted by atomic mass is 32.1. The van der Waals surface area contributed by atoms with Gasteiger partial charge >= 0.3 is 0 Å². The van der Waals surface area contributed by atoms with E-state index in [4.69, 9.17) is 0 Å². The number of nitrogens with zero attached hydrogens (tertiary/aromatic N) is 3. The van der Waals surface area contributed by atoms with Crippen LogP contribution in [-0.2, 0) is 4.79 Å². The van der Waals surface area contributed by atoms with Crippen molar-refractivity contribution in [2.24, 2.45) is 0 Å². The fourth-order valence-corrected chi connectivity index (χ4v) is 2.41. The zero-order chi connectivity index (χ0) is 15.4. The van der Waals surface area contributed by atoms with E-state index in [-0.39, 0.29) is 5.91 Å². The van der Waals surface area contributed by atoms with E-state index >= 15 is 0 Å². The summed E-state index contributed by atoms with van der Waals surface area (Å²) in [5, 5.41) is 4.81. The molecule has 2 heterocycles. The zero-order valence-corrected chi connectivity index (χ0v) is 13.4. The van der Waals surface area contributed by atoms with Crippen LogP contribution in [0.4, 0.5) is 11.6 Å². The van der Waals surface area contributed by atoms with Gasteiger partial charge in [0.2, 0.25) is 11.9 Å². The van der Waals surface area contributed by atoms with Gasteiger partial charge in [-0.25, -0.2) is 9.97 Å². The number of aromatic nitrogens is 2. The molecule has 0 spiro atoms. The van der Waals surface area contributed by atoms with Crippen LogP contribution < -0.4 is 10.2 Å². The molecular weight excluding hydrogens is 284 g/mol. The molecule has 0 atom stereocenters. The van der Waals surface area contributed by atoms with Crippen molar-refractivity contribution in [2.45, 2.75) is 13.8 Å². The molecule has 21 heavy (non-hydrogen) atoms. The van der Waals surface area contributed by atoms with Crippen molar-refractivity contribution in [3.63, 3.8) is 0 Å². The maximum absolute atomic E-state index is 12.0. The van der Waals surface area contributed by atoms with Gasteiger partial charge in [0.05, 0.1) is 17.1 Å². The molecule has 0 bridgehead atoms. The summed E-state index contributed by atoms with van der Waals surface area (Å²) in [6, 6.07) is 3.91. The minimum atomic E-state index is -0.184. The molecule has 0 aromatic carbocycles. The van der Waals surface area contributed by atoms with Crippen molar-refractivity contribution < 1.29 is 4.79 Å². The smallest absolute Gasteiger partial charge is 0.248 e. The molecular formula is C15H18N4OS. The molecule has 2 aromatic heterocycles. The molecule has 5 nitrogen and oxygen atoms in total. The van der Waals surface area contributed by atoms with E-state index < -0.39 is 0 Å². The predicted molar refractivity (Wildman–Crippen MR) is 87.8 cm³/mol. The summed E-state index contributed by atoms with van der Waals surface area (Å²) in [5.41, 5.74) is 2.18. The lowest BCUT2D eigenvalue weighted by atomic mass is 10.2. The number of carbonyl (C=O) groups is 1. The van der Waals surface area contributed by atoms with Crippen LogP contribution in [0.3, 0.4) is 0 Å². The second-order valence-electron chi connectivity index (χ2n) is 4.80. The third kappa shape index (κ3) is 3.88. The monoisotopic (exact) mass is 302 g/mol. The van der Waals surface area contributed by atoms with Gasteiger partial charge < -0.3 is 10.2 Å². The van der Waals surface area contributed by atoms with Gasteiger partial charge in [0.1, 0.15) is 0 Å². The second-order valence-corrected chi connectivity index (χ2v) is 5.78. The average Bonchev–Trinajstić information content (AvgIpc) is 2.93. The van der Waals surface area contributed by atoms with Gasteiger partial charge in [-0.3, -0.25) is 4.79 Å². The fraction of sp³-hybridized carbons (Fsp3) is 0.267. The van der Waals surface area contributed by atoms with Gasteiger partial charge in [-0.15, -0.1) is 11.3 Å². The number of carbonyl (C=O) groups excluding carboxylic acids is 1. The van der Waals surface area contributed by atoms with Gasteiger partial charge in [-0.2, -0.15) is 0 Å². The van der Waals surface area contributed by atoms with E-state index in [9.17, 15) is 4.79 Å². The van der Waals surface area contributed by atoms with Crippen LogP contribution >= 0.6 is 11.3 Å². The summed E-state index contributed by atoms with van der Waals surface area (Å²) in [6.45, 7) is 3.72. The number of rotatable bonds is 4. The molecule has 0 unspecified atom stereocenters. The lowest BCUT2D eigenvalue weighted by Gasteiger charge is -2.15. The number of anilines is 2. The molecule has 0 radical (unpaired) electrons. The summed E-state index contributed by atoms with van der Waals surface area (Å²) in [4.78, 5) is 23.6. The molecule has 0 aliphatic rings. The molecule has 0 aliphatic carbocycles. The summed E-state index contributed by atoms with van der Waals surface area (Å²) in [7, 11) is 3.77. The van der Waals surface area contributed by atoms with E-state index in [1.807, 2.05) is 50.4 Å². The Bertz CT molecular complexity index is 639. The number of aryl methyl sites for hydroxylation is 2. The highest BCUT2D eigenvalue weighted by molar-refractivity contribution is 7.10. The molecule has 1 N–H and O–H groups in total. The van der Waals surface area contributed by atoms with Crippen molar-refractivity contribution in [1.29, 1.82) is 0 Å². The first-order valence-electron chi connectivity index (χ1n) is 6.52. The third-order valence-electron chi connectivity index (χ3n) is 2.85. The van der Waals surface area contributed by atoms with E-state index in [1.54, 1.807) is 17.4 Å². The van der Waals surface area contributed by atoms with Crippen molar-refractivity contribution >= 4 is 35.0 Å². The largest absolute Gasteiger partial charge is 0.347 e. The lowest BCUT2D eigenvalue weighted by molar-refractivity contribution is -0.111. The first-order chi connectivity index (χ1) is 9.97. The Labute approximate surface area is 128 Å². The summed E-state index contributed by atoms with van der Waals surface area (Å²) < 4.78 is 0. The molecule has 1 amide bonds. The first-order valence-corrected chi connectivity index (χ1v) is 7.40. The Morgan fingerprint density at radius 1 is 1.29 bits per heavy atom. The maximum atomic E-state index is 12.0. The Kier molecular flexibility index (Phi) is 4.70. The molecule has 0 fully saturated rings. The van der Waals surface area contributed by atoms with Crippen molar-refractivity contribution in [2.75, 3.05) is 24.3 Å². The Morgan fingerprint density at radius 2 is 1.95 bits per heavy atom. The predicted octanol–water partition coefficient (Wildman–Crippen LogP) is 2.87. The van der Waals surface area contributed by atoms with Gasteiger partial charge in [0.25, 0.3) is 0 Å². The maximum Gasteiger partial charge on any atom is 0.248 e. The first kappa shape index (κ1) is 15.2. The molecule has 0 aliphatic heterocycles. The van der Waals surface area contributed by atoms with Crippen LogP contribution in [0, 0.1) is 13.8 Å². The van der Waals surface area contributed by atoms with Gasteiger partial charge in [0, 0.05) is 25.0 Å². The van der Waals surface area contributed by atoms with Crippen molar-refractivity contribution in [3.8, 4) is 0 Å². The average molecular weight is 302 g/mol.